The van der Waals surface area contributed by atoms with Gasteiger partial charge in [-0.1, -0.05) is 24.3 Å². The molecule has 0 amide bonds. The molecular weight excluding hydrogens is 176 g/mol. The summed E-state index contributed by atoms with van der Waals surface area (Å²) in [6.07, 6.45) is 1.92. The van der Waals surface area contributed by atoms with Crippen molar-refractivity contribution in [3.05, 3.63) is 46.7 Å². The van der Waals surface area contributed by atoms with Gasteiger partial charge in [-0.05, 0) is 24.1 Å². The number of allylic oxidation sites excluding steroid dienone is 1. The number of ether oxygens (including phenoxy) is 1. The highest BCUT2D eigenvalue weighted by atomic mass is 16.5. The van der Waals surface area contributed by atoms with E-state index < -0.39 is 0 Å². The highest BCUT2D eigenvalue weighted by Gasteiger charge is 2.32. The van der Waals surface area contributed by atoms with Crippen LogP contribution in [-0.2, 0) is 9.53 Å². The Labute approximate surface area is 81.5 Å². The van der Waals surface area contributed by atoms with E-state index in [0.717, 1.165) is 16.7 Å². The fourth-order valence-electron chi connectivity index (χ4n) is 1.94. The molecule has 2 heteroatoms. The zero-order valence-electron chi connectivity index (χ0n) is 7.70. The van der Waals surface area contributed by atoms with Crippen molar-refractivity contribution in [2.45, 2.75) is 6.92 Å². The van der Waals surface area contributed by atoms with Crippen molar-refractivity contribution in [3.8, 4) is 0 Å². The van der Waals surface area contributed by atoms with Gasteiger partial charge < -0.3 is 4.74 Å². The third-order valence-electron chi connectivity index (χ3n) is 2.65. The van der Waals surface area contributed by atoms with E-state index in [1.165, 1.54) is 0 Å². The van der Waals surface area contributed by atoms with Gasteiger partial charge in [0, 0.05) is 11.1 Å². The summed E-state index contributed by atoms with van der Waals surface area (Å²) in [4.78, 5) is 11.3. The third-order valence-corrected chi connectivity index (χ3v) is 2.65. The normalized spacial score (nSPS) is 17.8. The molecule has 0 unspecified atom stereocenters. The average Bonchev–Trinajstić information content (AvgIpc) is 2.65. The lowest BCUT2D eigenvalue weighted by atomic mass is 10.0. The van der Waals surface area contributed by atoms with E-state index in [1.807, 2.05) is 30.3 Å². The summed E-state index contributed by atoms with van der Waals surface area (Å²) in [7, 11) is 0. The first-order valence-corrected chi connectivity index (χ1v) is 4.52. The molecule has 1 heterocycles. The molecule has 1 aliphatic carbocycles. The Morgan fingerprint density at radius 2 is 2.00 bits per heavy atom. The zero-order valence-corrected chi connectivity index (χ0v) is 7.70. The van der Waals surface area contributed by atoms with Crippen LogP contribution in [-0.4, -0.2) is 5.97 Å². The van der Waals surface area contributed by atoms with E-state index in [9.17, 15) is 4.79 Å². The molecular formula is C12H8O2. The van der Waals surface area contributed by atoms with Gasteiger partial charge in [0.1, 0.15) is 5.76 Å². The molecule has 2 nitrogen and oxygen atoms in total. The highest BCUT2D eigenvalue weighted by molar-refractivity contribution is 6.11. The van der Waals surface area contributed by atoms with E-state index in [0.29, 0.717) is 11.3 Å². The largest absolute Gasteiger partial charge is 0.422 e. The van der Waals surface area contributed by atoms with Gasteiger partial charge in [0.25, 0.3) is 0 Å². The number of benzene rings is 1. The Kier molecular flexibility index (Phi) is 1.27. The minimum absolute atomic E-state index is 0.222. The number of hydrogen-bond acceptors (Lipinski definition) is 2. The third kappa shape index (κ3) is 0.777. The molecule has 0 saturated heterocycles. The summed E-state index contributed by atoms with van der Waals surface area (Å²) >= 11 is 0. The molecule has 2 aliphatic rings. The van der Waals surface area contributed by atoms with Crippen LogP contribution in [0.3, 0.4) is 0 Å². The van der Waals surface area contributed by atoms with Crippen LogP contribution in [0.5, 0.6) is 0 Å². The van der Waals surface area contributed by atoms with Crippen molar-refractivity contribution >= 4 is 17.6 Å². The fraction of sp³-hybridized carbons (Fsp3) is 0.0833. The maximum Gasteiger partial charge on any atom is 0.339 e. The second kappa shape index (κ2) is 2.35. The van der Waals surface area contributed by atoms with E-state index in [-0.39, 0.29) is 5.97 Å². The molecule has 1 aromatic carbocycles. The summed E-state index contributed by atoms with van der Waals surface area (Å²) in [6.45, 7) is 1.81. The second-order valence-electron chi connectivity index (χ2n) is 3.49. The number of carbonyl (C=O) groups is 1. The van der Waals surface area contributed by atoms with Crippen molar-refractivity contribution in [2.75, 3.05) is 0 Å². The lowest BCUT2D eigenvalue weighted by Gasteiger charge is -1.98. The SMILES string of the molecule is CC1=C2C(=Cc3ccccc32)OC1=O. The maximum atomic E-state index is 11.3. The maximum absolute atomic E-state index is 11.3. The zero-order chi connectivity index (χ0) is 9.71. The van der Waals surface area contributed by atoms with E-state index in [4.69, 9.17) is 4.74 Å². The minimum atomic E-state index is -0.222. The van der Waals surface area contributed by atoms with E-state index in [2.05, 4.69) is 0 Å². The van der Waals surface area contributed by atoms with Crippen LogP contribution in [0.4, 0.5) is 0 Å². The number of esters is 1. The average molecular weight is 184 g/mol. The van der Waals surface area contributed by atoms with Gasteiger partial charge in [-0.3, -0.25) is 0 Å². The van der Waals surface area contributed by atoms with Gasteiger partial charge in [-0.15, -0.1) is 0 Å². The van der Waals surface area contributed by atoms with E-state index in [1.54, 1.807) is 6.92 Å². The summed E-state index contributed by atoms with van der Waals surface area (Å²) < 4.78 is 5.13. The van der Waals surface area contributed by atoms with Gasteiger partial charge in [0.15, 0.2) is 0 Å². The first-order valence-electron chi connectivity index (χ1n) is 4.52. The highest BCUT2D eigenvalue weighted by Crippen LogP contribution is 2.42. The molecule has 68 valence electrons. The first kappa shape index (κ1) is 7.56. The number of rotatable bonds is 0. The molecule has 0 N–H and O–H groups in total. The Morgan fingerprint density at radius 3 is 2.86 bits per heavy atom. The van der Waals surface area contributed by atoms with Crippen molar-refractivity contribution in [2.24, 2.45) is 0 Å². The van der Waals surface area contributed by atoms with Crippen molar-refractivity contribution in [1.82, 2.24) is 0 Å². The Morgan fingerprint density at radius 1 is 1.21 bits per heavy atom. The van der Waals surface area contributed by atoms with Gasteiger partial charge in [0.2, 0.25) is 0 Å². The summed E-state index contributed by atoms with van der Waals surface area (Å²) in [5.41, 5.74) is 3.90. The molecule has 3 rings (SSSR count). The molecule has 14 heavy (non-hydrogen) atoms. The topological polar surface area (TPSA) is 26.3 Å². The summed E-state index contributed by atoms with van der Waals surface area (Å²) in [5.74, 6) is 0.481. The molecule has 0 saturated carbocycles. The fourth-order valence-corrected chi connectivity index (χ4v) is 1.94. The summed E-state index contributed by atoms with van der Waals surface area (Å²) in [6, 6.07) is 7.99. The minimum Gasteiger partial charge on any atom is -0.422 e. The molecule has 1 aliphatic heterocycles. The van der Waals surface area contributed by atoms with Crippen LogP contribution in [0.1, 0.15) is 18.1 Å². The predicted octanol–water partition coefficient (Wildman–Crippen LogP) is 2.37. The molecule has 1 aromatic rings. The molecule has 0 spiro atoms. The van der Waals surface area contributed by atoms with Crippen LogP contribution < -0.4 is 0 Å². The van der Waals surface area contributed by atoms with Gasteiger partial charge >= 0.3 is 5.97 Å². The van der Waals surface area contributed by atoms with Gasteiger partial charge in [-0.25, -0.2) is 4.79 Å². The lowest BCUT2D eigenvalue weighted by Crippen LogP contribution is -1.95. The van der Waals surface area contributed by atoms with Gasteiger partial charge in [-0.2, -0.15) is 0 Å². The van der Waals surface area contributed by atoms with Gasteiger partial charge in [0.05, 0.1) is 0 Å². The number of fused-ring (bicyclic) bond motifs is 3. The Balaban J connectivity index is 2.32. The molecule has 0 fully saturated rings. The van der Waals surface area contributed by atoms with E-state index >= 15 is 0 Å². The molecule has 0 radical (unpaired) electrons. The van der Waals surface area contributed by atoms with Crippen molar-refractivity contribution in [1.29, 1.82) is 0 Å². The standard InChI is InChI=1S/C12H8O2/c1-7-11-9-5-3-2-4-8(9)6-10(11)14-12(7)13/h2-6H,1H3. The predicted molar refractivity (Wildman–Crippen MR) is 53.1 cm³/mol. The van der Waals surface area contributed by atoms with Crippen LogP contribution in [0, 0.1) is 0 Å². The Bertz CT molecular complexity index is 507. The van der Waals surface area contributed by atoms with Crippen molar-refractivity contribution < 1.29 is 9.53 Å². The second-order valence-corrected chi connectivity index (χ2v) is 3.49. The lowest BCUT2D eigenvalue weighted by molar-refractivity contribution is -0.133. The Hall–Kier alpha value is -1.83. The molecule has 0 aromatic heterocycles. The van der Waals surface area contributed by atoms with Crippen LogP contribution in [0.2, 0.25) is 0 Å². The molecule has 0 bridgehead atoms. The smallest absolute Gasteiger partial charge is 0.339 e. The number of carbonyl (C=O) groups excluding carboxylic acids is 1. The first-order chi connectivity index (χ1) is 6.77. The molecule has 0 atom stereocenters. The van der Waals surface area contributed by atoms with Crippen LogP contribution in [0.25, 0.3) is 11.6 Å². The summed E-state index contributed by atoms with van der Waals surface area (Å²) in [5, 5.41) is 0. The van der Waals surface area contributed by atoms with Crippen LogP contribution in [0.15, 0.2) is 35.6 Å². The van der Waals surface area contributed by atoms with Crippen LogP contribution >= 0.6 is 0 Å². The quantitative estimate of drug-likeness (QED) is 0.578. The van der Waals surface area contributed by atoms with Crippen molar-refractivity contribution in [3.63, 3.8) is 0 Å². The monoisotopic (exact) mass is 184 g/mol. The number of hydrogen-bond donors (Lipinski definition) is 0.